The number of carbonyl (C=O) groups is 3. The first-order valence-electron chi connectivity index (χ1n) is 14.2. The van der Waals surface area contributed by atoms with Crippen molar-refractivity contribution in [3.63, 3.8) is 0 Å². The molecule has 1 heterocycles. The molecule has 0 radical (unpaired) electrons. The van der Waals surface area contributed by atoms with Crippen LogP contribution in [0.2, 0.25) is 0 Å². The van der Waals surface area contributed by atoms with Crippen molar-refractivity contribution in [3.05, 3.63) is 23.5 Å². The van der Waals surface area contributed by atoms with Crippen molar-refractivity contribution >= 4 is 17.8 Å². The minimum Gasteiger partial charge on any atom is -0.496 e. The van der Waals surface area contributed by atoms with Gasteiger partial charge in [0.2, 0.25) is 5.91 Å². The largest absolute Gasteiger partial charge is 0.496 e. The van der Waals surface area contributed by atoms with Gasteiger partial charge in [-0.1, -0.05) is 13.3 Å². The van der Waals surface area contributed by atoms with Gasteiger partial charge in [-0.05, 0) is 55.4 Å². The van der Waals surface area contributed by atoms with E-state index in [4.69, 9.17) is 9.47 Å². The van der Waals surface area contributed by atoms with Crippen LogP contribution >= 0.6 is 0 Å². The summed E-state index contributed by atoms with van der Waals surface area (Å²) in [5, 5.41) is 18.9. The topological polar surface area (TPSA) is 136 Å². The lowest BCUT2D eigenvalue weighted by atomic mass is 9.70. The van der Waals surface area contributed by atoms with Gasteiger partial charge < -0.3 is 30.5 Å². The van der Waals surface area contributed by atoms with Crippen LogP contribution in [0.5, 0.6) is 11.5 Å². The molecule has 6 fully saturated rings. The summed E-state index contributed by atoms with van der Waals surface area (Å²) >= 11 is 0. The van der Waals surface area contributed by atoms with Crippen LogP contribution in [0, 0.1) is 34.9 Å². The summed E-state index contributed by atoms with van der Waals surface area (Å²) in [5.41, 5.74) is -0.530. The van der Waals surface area contributed by atoms with Crippen molar-refractivity contribution in [2.45, 2.75) is 81.5 Å². The third-order valence-corrected chi connectivity index (χ3v) is 11.0. The summed E-state index contributed by atoms with van der Waals surface area (Å²) in [5.74, 6) is -2.00. The van der Waals surface area contributed by atoms with Crippen LogP contribution in [0.3, 0.4) is 0 Å². The Morgan fingerprint density at radius 3 is 2.49 bits per heavy atom. The first-order valence-corrected chi connectivity index (χ1v) is 14.2. The van der Waals surface area contributed by atoms with Gasteiger partial charge in [-0.3, -0.25) is 14.4 Å². The Morgan fingerprint density at radius 1 is 1.13 bits per heavy atom. The smallest absolute Gasteiger partial charge is 0.310 e. The second kappa shape index (κ2) is 8.32. The highest BCUT2D eigenvalue weighted by Crippen LogP contribution is 2.77. The number of ether oxygens (including phenoxy) is 2. The summed E-state index contributed by atoms with van der Waals surface area (Å²) in [6.45, 7) is 2.87. The molecule has 1 aromatic carbocycles. The van der Waals surface area contributed by atoms with Crippen LogP contribution in [0.15, 0.2) is 12.1 Å². The maximum atomic E-state index is 15.0. The van der Waals surface area contributed by atoms with Crippen molar-refractivity contribution in [2.75, 3.05) is 13.7 Å². The van der Waals surface area contributed by atoms with E-state index < -0.39 is 34.7 Å². The molecule has 2 amide bonds. The Bertz CT molecular complexity index is 1250. The van der Waals surface area contributed by atoms with Crippen molar-refractivity contribution in [2.24, 2.45) is 29.1 Å². The zero-order valence-corrected chi connectivity index (χ0v) is 22.3. The molecule has 0 aromatic heterocycles. The van der Waals surface area contributed by atoms with Crippen LogP contribution in [0.25, 0.3) is 0 Å². The van der Waals surface area contributed by atoms with Crippen molar-refractivity contribution < 1.29 is 33.4 Å². The van der Waals surface area contributed by atoms with E-state index in [1.54, 1.807) is 0 Å². The Hall–Kier alpha value is -2.88. The van der Waals surface area contributed by atoms with Crippen LogP contribution < -0.4 is 25.4 Å². The van der Waals surface area contributed by atoms with E-state index in [1.165, 1.54) is 19.6 Å². The Balaban J connectivity index is 1.05. The summed E-state index contributed by atoms with van der Waals surface area (Å²) in [6, 6.07) is 2.24. The number of fused-ring (bicyclic) bond motifs is 2. The van der Waals surface area contributed by atoms with E-state index in [2.05, 4.69) is 22.9 Å². The van der Waals surface area contributed by atoms with Crippen molar-refractivity contribution in [1.82, 2.24) is 16.0 Å². The minimum absolute atomic E-state index is 0.0149. The average molecular weight is 542 g/mol. The number of piperidine rings is 1. The highest BCUT2D eigenvalue weighted by Gasteiger charge is 2.97. The van der Waals surface area contributed by atoms with Crippen LogP contribution in [-0.4, -0.2) is 59.8 Å². The lowest BCUT2D eigenvalue weighted by molar-refractivity contribution is -0.141. The molecule has 210 valence electrons. The normalized spacial score (nSPS) is 39.7. The van der Waals surface area contributed by atoms with Gasteiger partial charge in [0.1, 0.15) is 11.9 Å². The van der Waals surface area contributed by atoms with Gasteiger partial charge in [-0.15, -0.1) is 0 Å². The maximum Gasteiger partial charge on any atom is 0.310 e. The number of aliphatic carboxylic acids is 1. The fraction of sp³-hybridized carbons (Fsp3) is 0.690. The van der Waals surface area contributed by atoms with E-state index in [-0.39, 0.29) is 58.3 Å². The van der Waals surface area contributed by atoms with Gasteiger partial charge in [0.25, 0.3) is 5.91 Å². The second-order valence-electron chi connectivity index (χ2n) is 13.2. The number of rotatable bonds is 9. The number of hydrogen-bond donors (Lipinski definition) is 4. The predicted octanol–water partition coefficient (Wildman–Crippen LogP) is 2.62. The number of nitrogens with one attached hydrogen (secondary N) is 3. The van der Waals surface area contributed by atoms with Gasteiger partial charge in [-0.25, -0.2) is 4.39 Å². The fourth-order valence-electron chi connectivity index (χ4n) is 8.66. The van der Waals surface area contributed by atoms with Gasteiger partial charge in [0.05, 0.1) is 35.6 Å². The van der Waals surface area contributed by atoms with Crippen molar-refractivity contribution in [1.29, 1.82) is 0 Å². The summed E-state index contributed by atoms with van der Waals surface area (Å²) < 4.78 is 26.3. The fourth-order valence-corrected chi connectivity index (χ4v) is 8.66. The molecular weight excluding hydrogens is 505 g/mol. The first-order chi connectivity index (χ1) is 18.6. The number of benzene rings is 1. The highest BCUT2D eigenvalue weighted by molar-refractivity contribution is 5.98. The number of carbonyl (C=O) groups excluding carboxylic acids is 2. The van der Waals surface area contributed by atoms with Gasteiger partial charge in [-0.2, -0.15) is 0 Å². The van der Waals surface area contributed by atoms with E-state index >= 15 is 0 Å². The standard InChI is InChI=1S/C29H36FN3O6/c1-27(6-3-7-27)13-31-25(35)21-14-4-5-15(8-14)22(21)32-24(34)17-9-20(18(30)10-19(17)38-2)39-16-11-28-23(26(36)37)29(28,12-16)33-28/h9-10,14-16,21-23,33H,3-8,11-13H2,1-2H3,(H,31,35)(H,32,34)(H,36,37). The number of carboxylic acids is 1. The molecule has 6 aliphatic rings. The molecule has 6 unspecified atom stereocenters. The summed E-state index contributed by atoms with van der Waals surface area (Å²) in [6.07, 6.45) is 6.97. The second-order valence-corrected chi connectivity index (χ2v) is 13.2. The molecule has 10 heteroatoms. The number of amides is 2. The molecule has 39 heavy (non-hydrogen) atoms. The zero-order valence-electron chi connectivity index (χ0n) is 22.3. The molecule has 5 aliphatic carbocycles. The van der Waals surface area contributed by atoms with Crippen LogP contribution in [0.4, 0.5) is 4.39 Å². The third kappa shape index (κ3) is 3.62. The number of hydrogen-bond acceptors (Lipinski definition) is 6. The molecule has 1 aliphatic heterocycles. The van der Waals surface area contributed by atoms with Crippen molar-refractivity contribution in [3.8, 4) is 11.5 Å². The highest BCUT2D eigenvalue weighted by atomic mass is 19.1. The van der Waals surface area contributed by atoms with E-state index in [9.17, 15) is 23.9 Å². The van der Waals surface area contributed by atoms with Crippen LogP contribution in [-0.2, 0) is 9.59 Å². The van der Waals surface area contributed by atoms with Gasteiger partial charge in [0.15, 0.2) is 11.6 Å². The molecule has 2 bridgehead atoms. The Labute approximate surface area is 226 Å². The monoisotopic (exact) mass is 541 g/mol. The molecular formula is C29H36FN3O6. The summed E-state index contributed by atoms with van der Waals surface area (Å²) in [7, 11) is 1.38. The summed E-state index contributed by atoms with van der Waals surface area (Å²) in [4.78, 5) is 38.3. The average Bonchev–Trinajstić information content (AvgIpc) is 3.32. The third-order valence-electron chi connectivity index (χ3n) is 11.0. The quantitative estimate of drug-likeness (QED) is 0.353. The molecule has 7 rings (SSSR count). The van der Waals surface area contributed by atoms with Gasteiger partial charge >= 0.3 is 5.97 Å². The maximum absolute atomic E-state index is 15.0. The number of methoxy groups -OCH3 is 1. The molecule has 0 spiro atoms. The van der Waals surface area contributed by atoms with Gasteiger partial charge in [0, 0.05) is 31.5 Å². The predicted molar refractivity (Wildman–Crippen MR) is 137 cm³/mol. The van der Waals surface area contributed by atoms with E-state index in [0.29, 0.717) is 19.4 Å². The Kier molecular flexibility index (Phi) is 5.35. The molecule has 9 nitrogen and oxygen atoms in total. The van der Waals surface area contributed by atoms with E-state index in [0.717, 1.165) is 38.2 Å². The van der Waals surface area contributed by atoms with Crippen LogP contribution in [0.1, 0.15) is 68.6 Å². The lowest BCUT2D eigenvalue weighted by Crippen LogP contribution is -2.51. The Morgan fingerprint density at radius 2 is 1.85 bits per heavy atom. The minimum atomic E-state index is -0.813. The number of carboxylic acid groups (broad SMARTS) is 1. The molecule has 5 saturated carbocycles. The first kappa shape index (κ1) is 25.1. The zero-order chi connectivity index (χ0) is 27.3. The number of halogens is 1. The van der Waals surface area contributed by atoms with E-state index in [1.807, 2.05) is 0 Å². The lowest BCUT2D eigenvalue weighted by Gasteiger charge is -2.39. The molecule has 1 saturated heterocycles. The SMILES string of the molecule is COc1cc(F)c(OC2CC34NC3(C2)C4C(=O)O)cc1C(=O)NC1C2CCC(C2)C1C(=O)NCC1(C)CCC1. The molecule has 4 N–H and O–H groups in total. The molecule has 1 aromatic rings. The molecule has 6 atom stereocenters.